The lowest BCUT2D eigenvalue weighted by Crippen LogP contribution is -2.27. The number of aromatic nitrogens is 2. The summed E-state index contributed by atoms with van der Waals surface area (Å²) in [6.07, 6.45) is 4.47. The highest BCUT2D eigenvalue weighted by Crippen LogP contribution is 1.87. The van der Waals surface area contributed by atoms with Crippen LogP contribution in [-0.2, 0) is 13.1 Å². The Hall–Kier alpha value is -2.14. The predicted octanol–water partition coefficient (Wildman–Crippen LogP) is 0.690. The molecule has 0 radical (unpaired) electrons. The summed E-state index contributed by atoms with van der Waals surface area (Å²) < 4.78 is 3.37. The van der Waals surface area contributed by atoms with Gasteiger partial charge in [-0.3, -0.25) is 9.59 Å². The zero-order valence-electron chi connectivity index (χ0n) is 11.4. The molecule has 0 aliphatic heterocycles. The van der Waals surface area contributed by atoms with Crippen LogP contribution in [0.25, 0.3) is 0 Å². The normalized spacial score (nSPS) is 10.6. The second-order valence-electron chi connectivity index (χ2n) is 4.57. The summed E-state index contributed by atoms with van der Waals surface area (Å²) in [5, 5.41) is 3.28. The topological polar surface area (TPSA) is 56.0 Å². The molecule has 2 aromatic rings. The van der Waals surface area contributed by atoms with Gasteiger partial charge in [-0.2, -0.15) is 0 Å². The first-order valence-corrected chi connectivity index (χ1v) is 6.79. The van der Waals surface area contributed by atoms with Crippen molar-refractivity contribution in [2.75, 3.05) is 13.1 Å². The molecule has 0 aromatic carbocycles. The van der Waals surface area contributed by atoms with E-state index in [-0.39, 0.29) is 11.1 Å². The smallest absolute Gasteiger partial charge is 0.250 e. The molecule has 0 atom stereocenters. The average molecular weight is 273 g/mol. The van der Waals surface area contributed by atoms with E-state index in [1.54, 1.807) is 45.8 Å². The molecule has 0 amide bonds. The van der Waals surface area contributed by atoms with Crippen molar-refractivity contribution in [2.24, 2.45) is 0 Å². The summed E-state index contributed by atoms with van der Waals surface area (Å²) in [6.45, 7) is 2.93. The first-order valence-electron chi connectivity index (χ1n) is 6.79. The van der Waals surface area contributed by atoms with Crippen molar-refractivity contribution >= 4 is 0 Å². The molecule has 0 spiro atoms. The van der Waals surface area contributed by atoms with E-state index < -0.39 is 0 Å². The minimum Gasteiger partial charge on any atom is -0.315 e. The van der Waals surface area contributed by atoms with Gasteiger partial charge in [-0.1, -0.05) is 12.1 Å². The summed E-state index contributed by atoms with van der Waals surface area (Å²) in [7, 11) is 0. The van der Waals surface area contributed by atoms with Crippen LogP contribution in [0.1, 0.15) is 6.42 Å². The predicted molar refractivity (Wildman–Crippen MR) is 78.9 cm³/mol. The molecule has 5 nitrogen and oxygen atoms in total. The third-order valence-electron chi connectivity index (χ3n) is 3.08. The molecule has 106 valence electrons. The van der Waals surface area contributed by atoms with Crippen LogP contribution in [0, 0.1) is 0 Å². The van der Waals surface area contributed by atoms with Crippen LogP contribution in [-0.4, -0.2) is 22.2 Å². The maximum absolute atomic E-state index is 11.5. The Morgan fingerprint density at radius 2 is 1.40 bits per heavy atom. The van der Waals surface area contributed by atoms with Crippen molar-refractivity contribution in [1.29, 1.82) is 0 Å². The first kappa shape index (κ1) is 14.3. The highest BCUT2D eigenvalue weighted by atomic mass is 16.1. The van der Waals surface area contributed by atoms with E-state index in [9.17, 15) is 9.59 Å². The Kier molecular flexibility index (Phi) is 5.32. The molecule has 0 unspecified atom stereocenters. The van der Waals surface area contributed by atoms with Crippen molar-refractivity contribution in [3.63, 3.8) is 0 Å². The Bertz CT molecular complexity index is 588. The summed E-state index contributed by atoms with van der Waals surface area (Å²) in [6, 6.07) is 10.3. The van der Waals surface area contributed by atoms with Crippen LogP contribution < -0.4 is 16.4 Å². The lowest BCUT2D eigenvalue weighted by Gasteiger charge is -2.08. The van der Waals surface area contributed by atoms with Crippen LogP contribution in [0.2, 0.25) is 0 Å². The fourth-order valence-electron chi connectivity index (χ4n) is 1.99. The van der Waals surface area contributed by atoms with E-state index >= 15 is 0 Å². The van der Waals surface area contributed by atoms with Gasteiger partial charge in [0.2, 0.25) is 5.56 Å². The van der Waals surface area contributed by atoms with Gasteiger partial charge in [-0.25, -0.2) is 0 Å². The SMILES string of the molecule is O=c1ccccn1CCCNCCn1ccccc1=O. The number of hydrogen-bond acceptors (Lipinski definition) is 3. The zero-order chi connectivity index (χ0) is 14.2. The monoisotopic (exact) mass is 273 g/mol. The fourth-order valence-corrected chi connectivity index (χ4v) is 1.99. The summed E-state index contributed by atoms with van der Waals surface area (Å²) >= 11 is 0. The maximum atomic E-state index is 11.5. The molecule has 2 aromatic heterocycles. The maximum Gasteiger partial charge on any atom is 0.250 e. The van der Waals surface area contributed by atoms with Crippen molar-refractivity contribution in [2.45, 2.75) is 19.5 Å². The fraction of sp³-hybridized carbons (Fsp3) is 0.333. The van der Waals surface area contributed by atoms with Crippen LogP contribution in [0.15, 0.2) is 58.4 Å². The molecule has 0 aliphatic carbocycles. The molecule has 1 N–H and O–H groups in total. The molecule has 0 aliphatic rings. The Balaban J connectivity index is 1.65. The molecule has 5 heteroatoms. The van der Waals surface area contributed by atoms with Gasteiger partial charge in [-0.15, -0.1) is 0 Å². The van der Waals surface area contributed by atoms with Crippen molar-refractivity contribution < 1.29 is 0 Å². The van der Waals surface area contributed by atoms with Gasteiger partial charge >= 0.3 is 0 Å². The number of aryl methyl sites for hydroxylation is 1. The average Bonchev–Trinajstić information content (AvgIpc) is 2.46. The van der Waals surface area contributed by atoms with Crippen LogP contribution in [0.4, 0.5) is 0 Å². The van der Waals surface area contributed by atoms with Crippen molar-refractivity contribution in [3.8, 4) is 0 Å². The number of pyridine rings is 2. The van der Waals surface area contributed by atoms with Gasteiger partial charge in [0.15, 0.2) is 0 Å². The number of nitrogens with zero attached hydrogens (tertiary/aromatic N) is 2. The van der Waals surface area contributed by atoms with Crippen LogP contribution in [0.5, 0.6) is 0 Å². The highest BCUT2D eigenvalue weighted by molar-refractivity contribution is 4.93. The van der Waals surface area contributed by atoms with E-state index in [0.29, 0.717) is 13.1 Å². The van der Waals surface area contributed by atoms with E-state index in [1.165, 1.54) is 0 Å². The van der Waals surface area contributed by atoms with Crippen LogP contribution >= 0.6 is 0 Å². The number of hydrogen-bond donors (Lipinski definition) is 1. The lowest BCUT2D eigenvalue weighted by molar-refractivity contribution is 0.540. The largest absolute Gasteiger partial charge is 0.315 e. The van der Waals surface area contributed by atoms with E-state index in [2.05, 4.69) is 5.32 Å². The molecule has 20 heavy (non-hydrogen) atoms. The van der Waals surface area contributed by atoms with Gasteiger partial charge < -0.3 is 14.5 Å². The molecular formula is C15H19N3O2. The quantitative estimate of drug-likeness (QED) is 0.755. The van der Waals surface area contributed by atoms with Crippen LogP contribution in [0.3, 0.4) is 0 Å². The third-order valence-corrected chi connectivity index (χ3v) is 3.08. The van der Waals surface area contributed by atoms with E-state index in [1.807, 2.05) is 12.1 Å². The molecular weight excluding hydrogens is 254 g/mol. The zero-order valence-corrected chi connectivity index (χ0v) is 11.4. The molecule has 0 saturated carbocycles. The Morgan fingerprint density at radius 3 is 2.00 bits per heavy atom. The minimum absolute atomic E-state index is 0.0186. The minimum atomic E-state index is 0.0186. The summed E-state index contributed by atoms with van der Waals surface area (Å²) in [4.78, 5) is 22.9. The van der Waals surface area contributed by atoms with E-state index in [0.717, 1.165) is 19.5 Å². The molecule has 2 rings (SSSR count). The van der Waals surface area contributed by atoms with Gasteiger partial charge in [0.05, 0.1) is 0 Å². The van der Waals surface area contributed by atoms with Gasteiger partial charge in [0.25, 0.3) is 5.56 Å². The third kappa shape index (κ3) is 4.20. The Labute approximate surface area is 117 Å². The van der Waals surface area contributed by atoms with Crippen molar-refractivity contribution in [1.82, 2.24) is 14.5 Å². The number of rotatable bonds is 7. The van der Waals surface area contributed by atoms with Gasteiger partial charge in [-0.05, 0) is 25.1 Å². The Morgan fingerprint density at radius 1 is 0.800 bits per heavy atom. The standard InChI is InChI=1S/C15H19N3O2/c19-14-6-1-3-10-17(14)12-5-8-16-9-13-18-11-4-2-7-15(18)20/h1-4,6-7,10-11,16H,5,8-9,12-13H2. The molecule has 0 fully saturated rings. The molecule has 2 heterocycles. The van der Waals surface area contributed by atoms with E-state index in [4.69, 9.17) is 0 Å². The first-order chi connectivity index (χ1) is 9.77. The molecule has 0 saturated heterocycles. The lowest BCUT2D eigenvalue weighted by atomic mass is 10.4. The summed E-state index contributed by atoms with van der Waals surface area (Å²) in [5.41, 5.74) is 0.0495. The van der Waals surface area contributed by atoms with Gasteiger partial charge in [0.1, 0.15) is 0 Å². The van der Waals surface area contributed by atoms with Crippen molar-refractivity contribution in [3.05, 3.63) is 69.5 Å². The van der Waals surface area contributed by atoms with Gasteiger partial charge in [0, 0.05) is 44.2 Å². The second-order valence-corrected chi connectivity index (χ2v) is 4.57. The number of nitrogens with one attached hydrogen (secondary N) is 1. The second kappa shape index (κ2) is 7.45. The summed E-state index contributed by atoms with van der Waals surface area (Å²) in [5.74, 6) is 0. The molecule has 0 bridgehead atoms. The highest BCUT2D eigenvalue weighted by Gasteiger charge is 1.95.